The van der Waals surface area contributed by atoms with Crippen LogP contribution >= 0.6 is 11.6 Å². The highest BCUT2D eigenvalue weighted by Crippen LogP contribution is 2.52. The molecule has 1 saturated carbocycles. The lowest BCUT2D eigenvalue weighted by molar-refractivity contribution is -0.384. The first-order chi connectivity index (χ1) is 14.4. The fourth-order valence-electron chi connectivity index (χ4n) is 5.08. The number of carbonyl (C=O) groups excluding carboxylic acids is 3. The minimum atomic E-state index is -0.765. The molecule has 1 saturated heterocycles. The SMILES string of the molecule is CC1(C)CC2CC(C)(CN2C(=O)COC(=O)CNC(=O)c2ccc(Cl)c([N+](=O)[O-])c2)C1. The molecule has 1 heterocycles. The molecular formula is C21H26ClN3O6. The lowest BCUT2D eigenvalue weighted by Gasteiger charge is -2.39. The number of nitrogens with one attached hydrogen (secondary N) is 1. The number of likely N-dealkylation sites (tertiary alicyclic amines) is 1. The van der Waals surface area contributed by atoms with E-state index in [4.69, 9.17) is 16.3 Å². The van der Waals surface area contributed by atoms with Gasteiger partial charge < -0.3 is 15.0 Å². The Kier molecular flexibility index (Phi) is 6.27. The average Bonchev–Trinajstić information content (AvgIpc) is 2.92. The van der Waals surface area contributed by atoms with Crippen LogP contribution in [0.15, 0.2) is 18.2 Å². The van der Waals surface area contributed by atoms with Gasteiger partial charge in [-0.1, -0.05) is 32.4 Å². The highest BCUT2D eigenvalue weighted by atomic mass is 35.5. The Hall–Kier alpha value is -2.68. The molecule has 168 valence electrons. The lowest BCUT2D eigenvalue weighted by atomic mass is 9.65. The van der Waals surface area contributed by atoms with Crippen molar-refractivity contribution in [3.63, 3.8) is 0 Å². The predicted molar refractivity (Wildman–Crippen MR) is 113 cm³/mol. The van der Waals surface area contributed by atoms with Crippen LogP contribution in [-0.4, -0.2) is 53.3 Å². The number of fused-ring (bicyclic) bond motifs is 2. The van der Waals surface area contributed by atoms with Gasteiger partial charge in [0.15, 0.2) is 6.61 Å². The van der Waals surface area contributed by atoms with E-state index in [-0.39, 0.29) is 40.0 Å². The molecular weight excluding hydrogens is 426 g/mol. The second-order valence-corrected chi connectivity index (χ2v) is 9.91. The molecule has 2 atom stereocenters. The average molecular weight is 452 g/mol. The van der Waals surface area contributed by atoms with E-state index in [9.17, 15) is 24.5 Å². The smallest absolute Gasteiger partial charge is 0.325 e. The fourth-order valence-corrected chi connectivity index (χ4v) is 5.26. The normalized spacial score (nSPS) is 23.9. The van der Waals surface area contributed by atoms with Crippen molar-refractivity contribution in [1.82, 2.24) is 10.2 Å². The summed E-state index contributed by atoms with van der Waals surface area (Å²) in [5.74, 6) is -1.69. The van der Waals surface area contributed by atoms with Gasteiger partial charge >= 0.3 is 5.97 Å². The molecule has 1 aliphatic carbocycles. The molecule has 0 spiro atoms. The molecule has 31 heavy (non-hydrogen) atoms. The largest absolute Gasteiger partial charge is 0.454 e. The highest BCUT2D eigenvalue weighted by molar-refractivity contribution is 6.32. The number of amides is 2. The van der Waals surface area contributed by atoms with Crippen molar-refractivity contribution in [2.24, 2.45) is 10.8 Å². The zero-order valence-corrected chi connectivity index (χ0v) is 18.5. The third-order valence-electron chi connectivity index (χ3n) is 5.89. The summed E-state index contributed by atoms with van der Waals surface area (Å²) in [5.41, 5.74) is -0.165. The van der Waals surface area contributed by atoms with E-state index < -0.39 is 29.0 Å². The maximum Gasteiger partial charge on any atom is 0.325 e. The van der Waals surface area contributed by atoms with Crippen molar-refractivity contribution in [3.05, 3.63) is 38.9 Å². The predicted octanol–water partition coefficient (Wildman–Crippen LogP) is 2.95. The molecule has 0 aromatic heterocycles. The summed E-state index contributed by atoms with van der Waals surface area (Å²) in [6.45, 7) is 6.43. The van der Waals surface area contributed by atoms with Crippen LogP contribution in [0.25, 0.3) is 0 Å². The molecule has 2 fully saturated rings. The number of benzene rings is 1. The Balaban J connectivity index is 1.49. The molecule has 1 aliphatic heterocycles. The number of nitro groups is 1. The van der Waals surface area contributed by atoms with Gasteiger partial charge in [-0.25, -0.2) is 0 Å². The first-order valence-electron chi connectivity index (χ1n) is 10.1. The van der Waals surface area contributed by atoms with Crippen LogP contribution in [0.5, 0.6) is 0 Å². The second-order valence-electron chi connectivity index (χ2n) is 9.50. The summed E-state index contributed by atoms with van der Waals surface area (Å²) in [6.07, 6.45) is 2.93. The first-order valence-corrected chi connectivity index (χ1v) is 10.4. The minimum absolute atomic E-state index is 0.0137. The van der Waals surface area contributed by atoms with Gasteiger partial charge in [0.25, 0.3) is 17.5 Å². The second kappa shape index (κ2) is 8.45. The van der Waals surface area contributed by atoms with E-state index in [0.717, 1.165) is 25.3 Å². The number of ether oxygens (including phenoxy) is 1. The number of halogens is 1. The number of nitro benzene ring substituents is 1. The maximum absolute atomic E-state index is 12.6. The Morgan fingerprint density at radius 2 is 2.00 bits per heavy atom. The standard InChI is InChI=1S/C21H26ClN3O6/c1-20(2)7-14-8-21(3,11-20)12-24(14)17(26)10-31-18(27)9-23-19(28)13-4-5-15(22)16(6-13)25(29)30/h4-6,14H,7-12H2,1-3H3,(H,23,28). The zero-order chi connectivity index (χ0) is 23.0. The third-order valence-corrected chi connectivity index (χ3v) is 6.21. The van der Waals surface area contributed by atoms with Crippen molar-refractivity contribution < 1.29 is 24.0 Å². The summed E-state index contributed by atoms with van der Waals surface area (Å²) in [4.78, 5) is 48.8. The molecule has 9 nitrogen and oxygen atoms in total. The molecule has 1 aromatic rings. The van der Waals surface area contributed by atoms with E-state index in [1.54, 1.807) is 0 Å². The Morgan fingerprint density at radius 1 is 1.29 bits per heavy atom. The number of hydrogen-bond donors (Lipinski definition) is 1. The van der Waals surface area contributed by atoms with Gasteiger partial charge in [-0.3, -0.25) is 24.5 Å². The van der Waals surface area contributed by atoms with E-state index >= 15 is 0 Å². The van der Waals surface area contributed by atoms with Gasteiger partial charge in [-0.05, 0) is 42.2 Å². The number of rotatable bonds is 6. The molecule has 1 aromatic carbocycles. The van der Waals surface area contributed by atoms with Crippen LogP contribution in [0.1, 0.15) is 50.4 Å². The summed E-state index contributed by atoms with van der Waals surface area (Å²) in [7, 11) is 0. The monoisotopic (exact) mass is 451 g/mol. The van der Waals surface area contributed by atoms with E-state index in [1.807, 2.05) is 4.90 Å². The van der Waals surface area contributed by atoms with Crippen LogP contribution in [-0.2, 0) is 14.3 Å². The van der Waals surface area contributed by atoms with E-state index in [2.05, 4.69) is 26.1 Å². The summed E-state index contributed by atoms with van der Waals surface area (Å²) in [5, 5.41) is 13.2. The first kappa shape index (κ1) is 23.0. The van der Waals surface area contributed by atoms with Gasteiger partial charge in [-0.2, -0.15) is 0 Å². The van der Waals surface area contributed by atoms with Crippen molar-refractivity contribution in [2.45, 2.75) is 46.1 Å². The van der Waals surface area contributed by atoms with Gasteiger partial charge in [0, 0.05) is 24.2 Å². The van der Waals surface area contributed by atoms with Crippen LogP contribution in [0.4, 0.5) is 5.69 Å². The lowest BCUT2D eigenvalue weighted by Crippen LogP contribution is -2.40. The molecule has 3 rings (SSSR count). The maximum atomic E-state index is 12.6. The van der Waals surface area contributed by atoms with Crippen molar-refractivity contribution in [1.29, 1.82) is 0 Å². The zero-order valence-electron chi connectivity index (χ0n) is 17.8. The molecule has 2 unspecified atom stereocenters. The van der Waals surface area contributed by atoms with Crippen molar-refractivity contribution >= 4 is 35.1 Å². The number of esters is 1. The molecule has 2 aliphatic rings. The number of carbonyl (C=O) groups is 3. The highest BCUT2D eigenvalue weighted by Gasteiger charge is 2.50. The number of nitrogens with zero attached hydrogens (tertiary/aromatic N) is 2. The van der Waals surface area contributed by atoms with Gasteiger partial charge in [0.05, 0.1) is 4.92 Å². The van der Waals surface area contributed by atoms with E-state index in [1.165, 1.54) is 12.1 Å². The summed E-state index contributed by atoms with van der Waals surface area (Å²) in [6, 6.07) is 3.73. The summed E-state index contributed by atoms with van der Waals surface area (Å²) >= 11 is 5.72. The quantitative estimate of drug-likeness (QED) is 0.403. The van der Waals surface area contributed by atoms with Crippen molar-refractivity contribution in [2.75, 3.05) is 19.7 Å². The van der Waals surface area contributed by atoms with Crippen LogP contribution in [0, 0.1) is 20.9 Å². The van der Waals surface area contributed by atoms with Gasteiger partial charge in [0.2, 0.25) is 0 Å². The molecule has 0 radical (unpaired) electrons. The molecule has 2 amide bonds. The van der Waals surface area contributed by atoms with Crippen molar-refractivity contribution in [3.8, 4) is 0 Å². The number of hydrogen-bond acceptors (Lipinski definition) is 6. The molecule has 10 heteroatoms. The van der Waals surface area contributed by atoms with Crippen LogP contribution in [0.2, 0.25) is 5.02 Å². The topological polar surface area (TPSA) is 119 Å². The van der Waals surface area contributed by atoms with Gasteiger partial charge in [-0.15, -0.1) is 0 Å². The summed E-state index contributed by atoms with van der Waals surface area (Å²) < 4.78 is 5.04. The molecule has 2 bridgehead atoms. The van der Waals surface area contributed by atoms with Crippen LogP contribution < -0.4 is 5.32 Å². The minimum Gasteiger partial charge on any atom is -0.454 e. The fraction of sp³-hybridized carbons (Fsp3) is 0.571. The Morgan fingerprint density at radius 3 is 2.68 bits per heavy atom. The third kappa shape index (κ3) is 5.33. The molecule has 1 N–H and O–H groups in total. The van der Waals surface area contributed by atoms with Crippen LogP contribution in [0.3, 0.4) is 0 Å². The Labute approximate surface area is 185 Å². The van der Waals surface area contributed by atoms with E-state index in [0.29, 0.717) is 6.54 Å². The Bertz CT molecular complexity index is 934. The van der Waals surface area contributed by atoms with Gasteiger partial charge in [0.1, 0.15) is 11.6 Å².